The van der Waals surface area contributed by atoms with E-state index >= 15 is 0 Å². The summed E-state index contributed by atoms with van der Waals surface area (Å²) in [7, 11) is 0. The predicted octanol–water partition coefficient (Wildman–Crippen LogP) is 4.02. The summed E-state index contributed by atoms with van der Waals surface area (Å²) in [4.78, 5) is 23.5. The smallest absolute Gasteiger partial charge is 0.311 e. The van der Waals surface area contributed by atoms with E-state index in [1.165, 1.54) is 0 Å². The van der Waals surface area contributed by atoms with Gasteiger partial charge in [-0.05, 0) is 61.7 Å². The fraction of sp³-hybridized carbons (Fsp3) is 0.263. The van der Waals surface area contributed by atoms with Crippen LogP contribution in [0.2, 0.25) is 5.02 Å². The van der Waals surface area contributed by atoms with Gasteiger partial charge in [0, 0.05) is 23.6 Å². The van der Waals surface area contributed by atoms with E-state index in [1.54, 1.807) is 24.3 Å². The summed E-state index contributed by atoms with van der Waals surface area (Å²) < 4.78 is 5.27. The van der Waals surface area contributed by atoms with Gasteiger partial charge in [0.05, 0.1) is 0 Å². The molecule has 2 aromatic rings. The van der Waals surface area contributed by atoms with Crippen LogP contribution in [0.15, 0.2) is 48.5 Å². The van der Waals surface area contributed by atoms with Crippen molar-refractivity contribution in [3.05, 3.63) is 64.7 Å². The van der Waals surface area contributed by atoms with Crippen LogP contribution >= 0.6 is 11.6 Å². The number of amides is 1. The fourth-order valence-electron chi connectivity index (χ4n) is 2.21. The first kappa shape index (κ1) is 18.0. The molecule has 0 radical (unpaired) electrons. The molecule has 24 heavy (non-hydrogen) atoms. The van der Waals surface area contributed by atoms with Crippen LogP contribution in [0.5, 0.6) is 5.75 Å². The highest BCUT2D eigenvalue weighted by Gasteiger charge is 2.07. The maximum absolute atomic E-state index is 11.9. The third kappa shape index (κ3) is 5.70. The molecule has 1 N–H and O–H groups in total. The minimum atomic E-state index is -0.283. The van der Waals surface area contributed by atoms with Crippen molar-refractivity contribution in [2.24, 2.45) is 0 Å². The maximum atomic E-state index is 11.9. The first-order chi connectivity index (χ1) is 11.6. The number of carbonyl (C=O) groups is 2. The van der Waals surface area contributed by atoms with Crippen LogP contribution in [-0.4, -0.2) is 18.4 Å². The highest BCUT2D eigenvalue weighted by molar-refractivity contribution is 6.30. The Balaban J connectivity index is 1.77. The molecule has 4 nitrogen and oxygen atoms in total. The molecular formula is C19H20ClNO3. The number of rotatable bonds is 7. The molecule has 0 aliphatic heterocycles. The van der Waals surface area contributed by atoms with Gasteiger partial charge in [-0.1, -0.05) is 23.7 Å². The number of ether oxygens (including phenoxy) is 1. The number of hydrogen-bond acceptors (Lipinski definition) is 3. The molecule has 0 fully saturated rings. The summed E-state index contributed by atoms with van der Waals surface area (Å²) in [5, 5.41) is 3.42. The lowest BCUT2D eigenvalue weighted by molar-refractivity contribution is -0.134. The van der Waals surface area contributed by atoms with E-state index < -0.39 is 0 Å². The Morgan fingerprint density at radius 3 is 2.33 bits per heavy atom. The second-order valence-electron chi connectivity index (χ2n) is 5.34. The highest BCUT2D eigenvalue weighted by atomic mass is 35.5. The van der Waals surface area contributed by atoms with Gasteiger partial charge in [0.2, 0.25) is 0 Å². The van der Waals surface area contributed by atoms with Crippen LogP contribution in [-0.2, 0) is 11.2 Å². The van der Waals surface area contributed by atoms with Crippen LogP contribution < -0.4 is 10.1 Å². The Hall–Kier alpha value is -2.33. The van der Waals surface area contributed by atoms with Crippen molar-refractivity contribution >= 4 is 23.5 Å². The molecule has 2 rings (SSSR count). The molecule has 5 heteroatoms. The number of nitrogens with one attached hydrogen (secondary N) is 1. The largest absolute Gasteiger partial charge is 0.427 e. The van der Waals surface area contributed by atoms with Crippen LogP contribution in [0.4, 0.5) is 0 Å². The van der Waals surface area contributed by atoms with Gasteiger partial charge in [0.1, 0.15) is 5.75 Å². The van der Waals surface area contributed by atoms with Gasteiger partial charge in [0.15, 0.2) is 0 Å². The Bertz CT molecular complexity index is 681. The van der Waals surface area contributed by atoms with Crippen molar-refractivity contribution in [2.45, 2.75) is 26.2 Å². The zero-order chi connectivity index (χ0) is 17.4. The van der Waals surface area contributed by atoms with Crippen LogP contribution in [0.3, 0.4) is 0 Å². The summed E-state index contributed by atoms with van der Waals surface area (Å²) in [6.45, 7) is 2.43. The van der Waals surface area contributed by atoms with Crippen LogP contribution in [0.25, 0.3) is 0 Å². The van der Waals surface area contributed by atoms with E-state index in [1.807, 2.05) is 31.2 Å². The first-order valence-corrected chi connectivity index (χ1v) is 8.29. The van der Waals surface area contributed by atoms with Gasteiger partial charge in [-0.3, -0.25) is 9.59 Å². The topological polar surface area (TPSA) is 55.4 Å². The van der Waals surface area contributed by atoms with Crippen LogP contribution in [0.1, 0.15) is 35.7 Å². The quantitative estimate of drug-likeness (QED) is 0.609. The van der Waals surface area contributed by atoms with Crippen molar-refractivity contribution in [2.75, 3.05) is 6.54 Å². The molecule has 0 aliphatic rings. The Kier molecular flexibility index (Phi) is 6.82. The van der Waals surface area contributed by atoms with Gasteiger partial charge in [0.25, 0.3) is 5.91 Å². The zero-order valence-electron chi connectivity index (χ0n) is 13.5. The summed E-state index contributed by atoms with van der Waals surface area (Å²) in [6, 6.07) is 14.1. The normalized spacial score (nSPS) is 10.2. The van der Waals surface area contributed by atoms with Crippen molar-refractivity contribution < 1.29 is 14.3 Å². The van der Waals surface area contributed by atoms with E-state index in [0.717, 1.165) is 12.0 Å². The third-order valence-electron chi connectivity index (χ3n) is 3.45. The van der Waals surface area contributed by atoms with E-state index in [-0.39, 0.29) is 11.9 Å². The lowest BCUT2D eigenvalue weighted by Crippen LogP contribution is -2.22. The Labute approximate surface area is 146 Å². The van der Waals surface area contributed by atoms with Crippen molar-refractivity contribution in [1.82, 2.24) is 5.32 Å². The highest BCUT2D eigenvalue weighted by Crippen LogP contribution is 2.15. The van der Waals surface area contributed by atoms with E-state index in [0.29, 0.717) is 35.7 Å². The van der Waals surface area contributed by atoms with Crippen molar-refractivity contribution in [1.29, 1.82) is 0 Å². The molecule has 0 spiro atoms. The second kappa shape index (κ2) is 9.08. The van der Waals surface area contributed by atoms with Gasteiger partial charge in [-0.2, -0.15) is 0 Å². The Morgan fingerprint density at radius 2 is 1.71 bits per heavy atom. The molecule has 0 unspecified atom stereocenters. The first-order valence-electron chi connectivity index (χ1n) is 7.92. The van der Waals surface area contributed by atoms with Crippen molar-refractivity contribution in [3.8, 4) is 5.75 Å². The van der Waals surface area contributed by atoms with E-state index in [2.05, 4.69) is 5.32 Å². The summed E-state index contributed by atoms with van der Waals surface area (Å²) >= 11 is 5.84. The molecule has 0 saturated carbocycles. The summed E-state index contributed by atoms with van der Waals surface area (Å²) in [5.74, 6) is 0.0209. The molecule has 2 aromatic carbocycles. The molecule has 0 bridgehead atoms. The molecule has 0 aromatic heterocycles. The molecule has 126 valence electrons. The van der Waals surface area contributed by atoms with E-state index in [9.17, 15) is 9.59 Å². The molecule has 0 heterocycles. The fourth-order valence-corrected chi connectivity index (χ4v) is 2.33. The average Bonchev–Trinajstić information content (AvgIpc) is 2.57. The minimum absolute atomic E-state index is 0.140. The number of carbonyl (C=O) groups excluding carboxylic acids is 2. The standard InChI is InChI=1S/C19H20ClNO3/c1-2-21-19(23)15-8-12-17(13-9-15)24-18(22)5-3-4-14-6-10-16(20)11-7-14/h6-13H,2-5H2,1H3,(H,21,23). The SMILES string of the molecule is CCNC(=O)c1ccc(OC(=O)CCCc2ccc(Cl)cc2)cc1. The number of esters is 1. The lowest BCUT2D eigenvalue weighted by Gasteiger charge is -2.06. The minimum Gasteiger partial charge on any atom is -0.427 e. The monoisotopic (exact) mass is 345 g/mol. The van der Waals surface area contributed by atoms with Gasteiger partial charge in [-0.25, -0.2) is 0 Å². The third-order valence-corrected chi connectivity index (χ3v) is 3.70. The second-order valence-corrected chi connectivity index (χ2v) is 5.77. The predicted molar refractivity (Wildman–Crippen MR) is 94.5 cm³/mol. The zero-order valence-corrected chi connectivity index (χ0v) is 14.3. The van der Waals surface area contributed by atoms with Gasteiger partial charge in [-0.15, -0.1) is 0 Å². The van der Waals surface area contributed by atoms with Crippen LogP contribution in [0, 0.1) is 0 Å². The number of benzene rings is 2. The Morgan fingerprint density at radius 1 is 1.04 bits per heavy atom. The number of halogens is 1. The molecule has 1 amide bonds. The van der Waals surface area contributed by atoms with Gasteiger partial charge >= 0.3 is 5.97 Å². The molecule has 0 aliphatic carbocycles. The number of hydrogen-bond donors (Lipinski definition) is 1. The molecule has 0 saturated heterocycles. The lowest BCUT2D eigenvalue weighted by atomic mass is 10.1. The average molecular weight is 346 g/mol. The summed E-state index contributed by atoms with van der Waals surface area (Å²) in [6.07, 6.45) is 1.83. The summed E-state index contributed by atoms with van der Waals surface area (Å²) in [5.41, 5.74) is 1.68. The van der Waals surface area contributed by atoms with Crippen molar-refractivity contribution in [3.63, 3.8) is 0 Å². The van der Waals surface area contributed by atoms with Gasteiger partial charge < -0.3 is 10.1 Å². The molecular weight excluding hydrogens is 326 g/mol. The maximum Gasteiger partial charge on any atom is 0.311 e. The molecule has 0 atom stereocenters. The number of aryl methyl sites for hydroxylation is 1. The van der Waals surface area contributed by atoms with E-state index in [4.69, 9.17) is 16.3 Å².